The molecule has 0 unspecified atom stereocenters. The van der Waals surface area contributed by atoms with Crippen LogP contribution in [0.25, 0.3) is 0 Å². The van der Waals surface area contributed by atoms with E-state index >= 15 is 0 Å². The Hall–Kier alpha value is -0.910. The minimum atomic E-state index is -3.48. The Morgan fingerprint density at radius 1 is 1.38 bits per heavy atom. The van der Waals surface area contributed by atoms with Gasteiger partial charge in [0, 0.05) is 12.1 Å². The Kier molecular flexibility index (Phi) is 3.72. The van der Waals surface area contributed by atoms with Crippen LogP contribution in [0.4, 0.5) is 0 Å². The van der Waals surface area contributed by atoms with Crippen LogP contribution < -0.4 is 10.5 Å². The number of sulfonamides is 1. The molecule has 90 valence electrons. The summed E-state index contributed by atoms with van der Waals surface area (Å²) in [6.07, 6.45) is 0. The van der Waals surface area contributed by atoms with Gasteiger partial charge in [-0.2, -0.15) is 0 Å². The zero-order chi connectivity index (χ0) is 12.4. The lowest BCUT2D eigenvalue weighted by atomic mass is 10.1. The van der Waals surface area contributed by atoms with Crippen LogP contribution in [-0.4, -0.2) is 20.5 Å². The van der Waals surface area contributed by atoms with Crippen LogP contribution in [0.15, 0.2) is 29.2 Å². The van der Waals surface area contributed by atoms with Gasteiger partial charge in [0.05, 0.1) is 4.90 Å². The van der Waals surface area contributed by atoms with E-state index in [1.54, 1.807) is 32.0 Å². The van der Waals surface area contributed by atoms with Gasteiger partial charge in [0.2, 0.25) is 10.0 Å². The maximum absolute atomic E-state index is 12.0. The normalized spacial score (nSPS) is 12.8. The molecule has 0 heterocycles. The molecule has 0 radical (unpaired) electrons. The van der Waals surface area contributed by atoms with Gasteiger partial charge >= 0.3 is 0 Å². The second kappa shape index (κ2) is 4.53. The Bertz CT molecular complexity index is 467. The lowest BCUT2D eigenvalue weighted by molar-refractivity contribution is 0.462. The molecular weight excluding hydrogens is 224 g/mol. The van der Waals surface area contributed by atoms with Gasteiger partial charge in [0.25, 0.3) is 0 Å². The van der Waals surface area contributed by atoms with Crippen molar-refractivity contribution < 1.29 is 8.42 Å². The smallest absolute Gasteiger partial charge is 0.241 e. The molecule has 0 bridgehead atoms. The maximum atomic E-state index is 12.0. The van der Waals surface area contributed by atoms with Gasteiger partial charge in [-0.25, -0.2) is 13.1 Å². The van der Waals surface area contributed by atoms with E-state index in [1.807, 2.05) is 13.0 Å². The van der Waals surface area contributed by atoms with E-state index in [0.717, 1.165) is 5.56 Å². The first-order valence-corrected chi connectivity index (χ1v) is 6.56. The molecule has 0 spiro atoms. The van der Waals surface area contributed by atoms with Crippen molar-refractivity contribution in [2.75, 3.05) is 6.54 Å². The highest BCUT2D eigenvalue weighted by Crippen LogP contribution is 2.13. The summed E-state index contributed by atoms with van der Waals surface area (Å²) < 4.78 is 26.6. The monoisotopic (exact) mass is 242 g/mol. The number of benzene rings is 1. The minimum absolute atomic E-state index is 0.248. The molecule has 0 atom stereocenters. The molecule has 0 saturated carbocycles. The van der Waals surface area contributed by atoms with Gasteiger partial charge in [-0.05, 0) is 38.5 Å². The zero-order valence-corrected chi connectivity index (χ0v) is 10.6. The summed E-state index contributed by atoms with van der Waals surface area (Å²) in [4.78, 5) is 0.272. The van der Waals surface area contributed by atoms with E-state index < -0.39 is 15.6 Å². The van der Waals surface area contributed by atoms with Crippen LogP contribution in [0.2, 0.25) is 0 Å². The average molecular weight is 242 g/mol. The van der Waals surface area contributed by atoms with E-state index in [-0.39, 0.29) is 11.4 Å². The van der Waals surface area contributed by atoms with Crippen molar-refractivity contribution in [3.63, 3.8) is 0 Å². The van der Waals surface area contributed by atoms with Gasteiger partial charge < -0.3 is 5.73 Å². The highest BCUT2D eigenvalue weighted by molar-refractivity contribution is 7.89. The average Bonchev–Trinajstić information content (AvgIpc) is 2.16. The van der Waals surface area contributed by atoms with Crippen molar-refractivity contribution in [1.82, 2.24) is 4.72 Å². The summed E-state index contributed by atoms with van der Waals surface area (Å²) in [6.45, 7) is 5.60. The maximum Gasteiger partial charge on any atom is 0.241 e. The second-order valence-electron chi connectivity index (χ2n) is 4.51. The first kappa shape index (κ1) is 13.2. The molecule has 1 rings (SSSR count). The standard InChI is InChI=1S/C11H18N2O2S/c1-9-5-4-6-10(7-9)16(14,15)13-11(2,3)8-12/h4-7,13H,8,12H2,1-3H3. The number of aryl methyl sites for hydroxylation is 1. The summed E-state index contributed by atoms with van der Waals surface area (Å²) in [5.74, 6) is 0. The van der Waals surface area contributed by atoms with E-state index in [0.29, 0.717) is 0 Å². The molecule has 0 aliphatic heterocycles. The third-order valence-electron chi connectivity index (χ3n) is 2.22. The zero-order valence-electron chi connectivity index (χ0n) is 9.82. The number of hydrogen-bond acceptors (Lipinski definition) is 3. The molecule has 0 fully saturated rings. The van der Waals surface area contributed by atoms with Crippen LogP contribution in [-0.2, 0) is 10.0 Å². The molecule has 0 aliphatic rings. The van der Waals surface area contributed by atoms with E-state index in [9.17, 15) is 8.42 Å². The van der Waals surface area contributed by atoms with Crippen molar-refractivity contribution in [2.45, 2.75) is 31.2 Å². The molecule has 3 N–H and O–H groups in total. The van der Waals surface area contributed by atoms with Gasteiger partial charge in [0.15, 0.2) is 0 Å². The molecular formula is C11H18N2O2S. The van der Waals surface area contributed by atoms with Gasteiger partial charge in [0.1, 0.15) is 0 Å². The predicted octanol–water partition coefficient (Wildman–Crippen LogP) is 1.01. The van der Waals surface area contributed by atoms with Crippen LogP contribution in [0.3, 0.4) is 0 Å². The van der Waals surface area contributed by atoms with Crippen LogP contribution in [0.1, 0.15) is 19.4 Å². The number of rotatable bonds is 4. The molecule has 5 heteroatoms. The quantitative estimate of drug-likeness (QED) is 0.827. The van der Waals surface area contributed by atoms with Crippen molar-refractivity contribution in [3.05, 3.63) is 29.8 Å². The van der Waals surface area contributed by atoms with Crippen LogP contribution >= 0.6 is 0 Å². The molecule has 16 heavy (non-hydrogen) atoms. The molecule has 0 aromatic heterocycles. The molecule has 0 saturated heterocycles. The Morgan fingerprint density at radius 3 is 2.50 bits per heavy atom. The number of nitrogens with one attached hydrogen (secondary N) is 1. The van der Waals surface area contributed by atoms with Gasteiger partial charge in [-0.1, -0.05) is 12.1 Å². The first-order chi connectivity index (χ1) is 7.27. The van der Waals surface area contributed by atoms with Gasteiger partial charge in [-0.15, -0.1) is 0 Å². The Morgan fingerprint density at radius 2 is 2.00 bits per heavy atom. The molecule has 1 aromatic rings. The summed E-state index contributed by atoms with van der Waals surface area (Å²) in [5, 5.41) is 0. The van der Waals surface area contributed by atoms with Crippen molar-refractivity contribution in [2.24, 2.45) is 5.73 Å². The van der Waals surface area contributed by atoms with Crippen molar-refractivity contribution in [1.29, 1.82) is 0 Å². The third-order valence-corrected chi connectivity index (χ3v) is 3.92. The largest absolute Gasteiger partial charge is 0.329 e. The van der Waals surface area contributed by atoms with Crippen molar-refractivity contribution >= 4 is 10.0 Å². The van der Waals surface area contributed by atoms with Crippen LogP contribution in [0, 0.1) is 6.92 Å². The minimum Gasteiger partial charge on any atom is -0.329 e. The highest BCUT2D eigenvalue weighted by Gasteiger charge is 2.24. The topological polar surface area (TPSA) is 72.2 Å². The third kappa shape index (κ3) is 3.30. The SMILES string of the molecule is Cc1cccc(S(=O)(=O)NC(C)(C)CN)c1. The fraction of sp³-hybridized carbons (Fsp3) is 0.455. The lowest BCUT2D eigenvalue weighted by Crippen LogP contribution is -2.48. The number of nitrogens with two attached hydrogens (primary N) is 1. The van der Waals surface area contributed by atoms with E-state index in [1.165, 1.54) is 0 Å². The first-order valence-electron chi connectivity index (χ1n) is 5.07. The fourth-order valence-electron chi connectivity index (χ4n) is 1.25. The second-order valence-corrected chi connectivity index (χ2v) is 6.19. The van der Waals surface area contributed by atoms with Crippen LogP contribution in [0.5, 0.6) is 0 Å². The Balaban J connectivity index is 3.04. The van der Waals surface area contributed by atoms with Crippen molar-refractivity contribution in [3.8, 4) is 0 Å². The predicted molar refractivity (Wildman–Crippen MR) is 64.6 cm³/mol. The number of hydrogen-bond donors (Lipinski definition) is 2. The molecule has 0 amide bonds. The van der Waals surface area contributed by atoms with E-state index in [2.05, 4.69) is 4.72 Å². The van der Waals surface area contributed by atoms with Gasteiger partial charge in [-0.3, -0.25) is 0 Å². The summed E-state index contributed by atoms with van der Waals surface area (Å²) in [6, 6.07) is 6.78. The summed E-state index contributed by atoms with van der Waals surface area (Å²) in [5.41, 5.74) is 5.77. The Labute approximate surface area is 96.9 Å². The summed E-state index contributed by atoms with van der Waals surface area (Å²) >= 11 is 0. The summed E-state index contributed by atoms with van der Waals surface area (Å²) in [7, 11) is -3.48. The van der Waals surface area contributed by atoms with E-state index in [4.69, 9.17) is 5.73 Å². The molecule has 4 nitrogen and oxygen atoms in total. The molecule has 0 aliphatic carbocycles. The molecule has 1 aromatic carbocycles. The lowest BCUT2D eigenvalue weighted by Gasteiger charge is -2.23. The fourth-order valence-corrected chi connectivity index (χ4v) is 2.77. The highest BCUT2D eigenvalue weighted by atomic mass is 32.2.